The maximum absolute atomic E-state index is 11.7. The minimum atomic E-state index is -0.728. The fourth-order valence-electron chi connectivity index (χ4n) is 1.12. The topological polar surface area (TPSA) is 111 Å². The average Bonchev–Trinajstić information content (AvgIpc) is 2.21. The number of hydrogen-bond acceptors (Lipinski definition) is 4. The number of primary amides is 1. The zero-order valence-corrected chi connectivity index (χ0v) is 9.15. The van der Waals surface area contributed by atoms with Crippen LogP contribution in [0.3, 0.4) is 0 Å². The van der Waals surface area contributed by atoms with Gasteiger partial charge in [-0.15, -0.1) is 0 Å². The summed E-state index contributed by atoms with van der Waals surface area (Å²) in [4.78, 5) is 26.5. The summed E-state index contributed by atoms with van der Waals surface area (Å²) in [6.07, 6.45) is 1.46. The molecule has 0 aromatic carbocycles. The van der Waals surface area contributed by atoms with Crippen LogP contribution in [0.5, 0.6) is 0 Å². The molecular weight excluding hydrogens is 208 g/mol. The number of hydrogen-bond donors (Lipinski definition) is 3. The number of anilines is 1. The molecule has 1 aromatic rings. The van der Waals surface area contributed by atoms with Crippen molar-refractivity contribution < 1.29 is 9.59 Å². The van der Waals surface area contributed by atoms with Crippen LogP contribution in [0.4, 0.5) is 5.69 Å². The zero-order chi connectivity index (χ0) is 12.3. The Morgan fingerprint density at radius 2 is 2.12 bits per heavy atom. The van der Waals surface area contributed by atoms with Gasteiger partial charge >= 0.3 is 0 Å². The van der Waals surface area contributed by atoms with Crippen LogP contribution in [-0.2, 0) is 4.79 Å². The third-order valence-corrected chi connectivity index (χ3v) is 2.13. The van der Waals surface area contributed by atoms with Crippen LogP contribution >= 0.6 is 0 Å². The predicted octanol–water partition coefficient (Wildman–Crippen LogP) is -0.424. The van der Waals surface area contributed by atoms with Crippen LogP contribution in [0.1, 0.15) is 23.0 Å². The highest BCUT2D eigenvalue weighted by Crippen LogP contribution is 2.09. The van der Waals surface area contributed by atoms with Crippen LogP contribution in [0.2, 0.25) is 0 Å². The number of carbonyl (C=O) groups is 2. The quantitative estimate of drug-likeness (QED) is 0.644. The van der Waals surface area contributed by atoms with Crippen molar-refractivity contribution in [2.24, 2.45) is 5.73 Å². The van der Waals surface area contributed by atoms with Gasteiger partial charge in [0.05, 0.1) is 23.1 Å². The summed E-state index contributed by atoms with van der Waals surface area (Å²) in [5, 5.41) is 2.45. The SMILES string of the molecule is Cc1ncc(N)cc1C(=O)NC(C)C(N)=O. The Hall–Kier alpha value is -2.11. The Morgan fingerprint density at radius 1 is 1.50 bits per heavy atom. The molecule has 0 radical (unpaired) electrons. The van der Waals surface area contributed by atoms with Crippen LogP contribution in [0.15, 0.2) is 12.3 Å². The van der Waals surface area contributed by atoms with Crippen LogP contribution in [0, 0.1) is 6.92 Å². The molecule has 1 aromatic heterocycles. The molecule has 1 rings (SSSR count). The monoisotopic (exact) mass is 222 g/mol. The van der Waals surface area contributed by atoms with Gasteiger partial charge in [-0.05, 0) is 19.9 Å². The lowest BCUT2D eigenvalue weighted by molar-refractivity contribution is -0.119. The highest BCUT2D eigenvalue weighted by atomic mass is 16.2. The van der Waals surface area contributed by atoms with Gasteiger partial charge in [0.1, 0.15) is 6.04 Å². The van der Waals surface area contributed by atoms with Crippen molar-refractivity contribution >= 4 is 17.5 Å². The minimum Gasteiger partial charge on any atom is -0.397 e. The van der Waals surface area contributed by atoms with Gasteiger partial charge in [-0.3, -0.25) is 14.6 Å². The molecule has 2 amide bonds. The normalized spacial score (nSPS) is 11.9. The summed E-state index contributed by atoms with van der Waals surface area (Å²) >= 11 is 0. The second kappa shape index (κ2) is 4.61. The van der Waals surface area contributed by atoms with Gasteiger partial charge in [0.25, 0.3) is 5.91 Å². The lowest BCUT2D eigenvalue weighted by Gasteiger charge is -2.11. The van der Waals surface area contributed by atoms with E-state index in [1.54, 1.807) is 6.92 Å². The molecule has 0 saturated heterocycles. The molecule has 0 saturated carbocycles. The van der Waals surface area contributed by atoms with Gasteiger partial charge in [-0.25, -0.2) is 0 Å². The lowest BCUT2D eigenvalue weighted by Crippen LogP contribution is -2.42. The maximum Gasteiger partial charge on any atom is 0.253 e. The van der Waals surface area contributed by atoms with E-state index in [4.69, 9.17) is 11.5 Å². The number of nitrogens with one attached hydrogen (secondary N) is 1. The standard InChI is InChI=1S/C10H14N4O2/c1-5-8(3-7(11)4-13-5)10(16)14-6(2)9(12)15/h3-4,6H,11H2,1-2H3,(H2,12,15)(H,14,16). The first-order valence-electron chi connectivity index (χ1n) is 4.74. The number of nitrogens with two attached hydrogens (primary N) is 2. The molecule has 6 heteroatoms. The van der Waals surface area contributed by atoms with Gasteiger partial charge < -0.3 is 16.8 Å². The summed E-state index contributed by atoms with van der Waals surface area (Å²) < 4.78 is 0. The Bertz CT molecular complexity index is 431. The van der Waals surface area contributed by atoms with E-state index < -0.39 is 17.9 Å². The number of aromatic nitrogens is 1. The van der Waals surface area contributed by atoms with Crippen LogP contribution in [-0.4, -0.2) is 22.8 Å². The molecule has 0 aliphatic carbocycles. The fraction of sp³-hybridized carbons (Fsp3) is 0.300. The number of amides is 2. The summed E-state index contributed by atoms with van der Waals surface area (Å²) in [7, 11) is 0. The van der Waals surface area contributed by atoms with Crippen LogP contribution in [0.25, 0.3) is 0 Å². The summed E-state index contributed by atoms with van der Waals surface area (Å²) in [5.41, 5.74) is 11.8. The van der Waals surface area contributed by atoms with E-state index in [0.29, 0.717) is 16.9 Å². The third kappa shape index (κ3) is 2.69. The average molecular weight is 222 g/mol. The van der Waals surface area contributed by atoms with Gasteiger partial charge in [-0.1, -0.05) is 0 Å². The van der Waals surface area contributed by atoms with Gasteiger partial charge in [0, 0.05) is 0 Å². The number of nitrogen functional groups attached to an aromatic ring is 1. The molecule has 86 valence electrons. The first kappa shape index (κ1) is 12.0. The highest BCUT2D eigenvalue weighted by molar-refractivity contribution is 5.98. The van der Waals surface area contributed by atoms with Crippen molar-refractivity contribution in [3.63, 3.8) is 0 Å². The number of rotatable bonds is 3. The van der Waals surface area contributed by atoms with Crippen molar-refractivity contribution in [2.75, 3.05) is 5.73 Å². The van der Waals surface area contributed by atoms with E-state index in [-0.39, 0.29) is 0 Å². The Morgan fingerprint density at radius 3 is 2.69 bits per heavy atom. The largest absolute Gasteiger partial charge is 0.397 e. The summed E-state index contributed by atoms with van der Waals surface area (Å²) in [6, 6.07) is 0.777. The Kier molecular flexibility index (Phi) is 3.44. The molecule has 1 heterocycles. The van der Waals surface area contributed by atoms with E-state index in [9.17, 15) is 9.59 Å². The molecule has 0 fully saturated rings. The summed E-state index contributed by atoms with van der Waals surface area (Å²) in [6.45, 7) is 3.19. The molecule has 0 spiro atoms. The molecule has 0 aliphatic rings. The van der Waals surface area contributed by atoms with Crippen molar-refractivity contribution in [3.05, 3.63) is 23.5 Å². The first-order valence-corrected chi connectivity index (χ1v) is 4.74. The smallest absolute Gasteiger partial charge is 0.253 e. The Balaban J connectivity index is 2.88. The third-order valence-electron chi connectivity index (χ3n) is 2.13. The van der Waals surface area contributed by atoms with E-state index in [2.05, 4.69) is 10.3 Å². The number of aryl methyl sites for hydroxylation is 1. The molecule has 5 N–H and O–H groups in total. The molecule has 0 aliphatic heterocycles. The van der Waals surface area contributed by atoms with Crippen LogP contribution < -0.4 is 16.8 Å². The second-order valence-corrected chi connectivity index (χ2v) is 3.50. The highest BCUT2D eigenvalue weighted by Gasteiger charge is 2.15. The molecule has 16 heavy (non-hydrogen) atoms. The number of pyridine rings is 1. The number of nitrogens with zero attached hydrogens (tertiary/aromatic N) is 1. The molecule has 0 bridgehead atoms. The van der Waals surface area contributed by atoms with Crippen molar-refractivity contribution in [1.82, 2.24) is 10.3 Å². The first-order chi connectivity index (χ1) is 7.41. The molecule has 1 unspecified atom stereocenters. The molecular formula is C10H14N4O2. The van der Waals surface area contributed by atoms with E-state index in [1.165, 1.54) is 19.2 Å². The Labute approximate surface area is 93.0 Å². The minimum absolute atomic E-state index is 0.341. The van der Waals surface area contributed by atoms with Crippen molar-refractivity contribution in [2.45, 2.75) is 19.9 Å². The van der Waals surface area contributed by atoms with Gasteiger partial charge in [0.2, 0.25) is 5.91 Å². The second-order valence-electron chi connectivity index (χ2n) is 3.50. The fourth-order valence-corrected chi connectivity index (χ4v) is 1.12. The van der Waals surface area contributed by atoms with Crippen molar-refractivity contribution in [1.29, 1.82) is 0 Å². The molecule has 6 nitrogen and oxygen atoms in total. The van der Waals surface area contributed by atoms with E-state index in [1.807, 2.05) is 0 Å². The number of carbonyl (C=O) groups excluding carboxylic acids is 2. The van der Waals surface area contributed by atoms with E-state index in [0.717, 1.165) is 0 Å². The van der Waals surface area contributed by atoms with E-state index >= 15 is 0 Å². The van der Waals surface area contributed by atoms with Gasteiger partial charge in [-0.2, -0.15) is 0 Å². The lowest BCUT2D eigenvalue weighted by atomic mass is 10.1. The summed E-state index contributed by atoms with van der Waals surface area (Å²) in [5.74, 6) is -1.01. The van der Waals surface area contributed by atoms with Gasteiger partial charge in [0.15, 0.2) is 0 Å². The molecule has 1 atom stereocenters. The maximum atomic E-state index is 11.7. The predicted molar refractivity (Wildman–Crippen MR) is 59.5 cm³/mol. The van der Waals surface area contributed by atoms with Crippen molar-refractivity contribution in [3.8, 4) is 0 Å². The zero-order valence-electron chi connectivity index (χ0n) is 9.15.